The highest BCUT2D eigenvalue weighted by Crippen LogP contribution is 2.39. The highest BCUT2D eigenvalue weighted by molar-refractivity contribution is 5.79. The Labute approximate surface area is 113 Å². The van der Waals surface area contributed by atoms with Gasteiger partial charge < -0.3 is 5.73 Å². The van der Waals surface area contributed by atoms with Crippen molar-refractivity contribution in [1.82, 2.24) is 4.98 Å². The van der Waals surface area contributed by atoms with E-state index in [1.807, 2.05) is 6.07 Å². The maximum Gasteiger partial charge on any atom is 0.417 e. The topological polar surface area (TPSA) is 62.7 Å². The number of nitrogens with two attached hydrogens (primary N) is 1. The molecule has 0 atom stereocenters. The molecule has 0 unspecified atom stereocenters. The Morgan fingerprint density at radius 1 is 1.20 bits per heavy atom. The van der Waals surface area contributed by atoms with E-state index in [1.54, 1.807) is 0 Å². The number of hydrogen-bond donors (Lipinski definition) is 1. The van der Waals surface area contributed by atoms with Crippen molar-refractivity contribution in [2.24, 2.45) is 0 Å². The van der Waals surface area contributed by atoms with Crippen LogP contribution in [0.3, 0.4) is 0 Å². The molecule has 2 aromatic rings. The summed E-state index contributed by atoms with van der Waals surface area (Å²) in [5.74, 6) is -0.0190. The Hall–Kier alpha value is -2.55. The third kappa shape index (κ3) is 2.57. The van der Waals surface area contributed by atoms with Crippen molar-refractivity contribution < 1.29 is 13.2 Å². The molecule has 0 amide bonds. The van der Waals surface area contributed by atoms with Gasteiger partial charge in [0.1, 0.15) is 5.82 Å². The van der Waals surface area contributed by atoms with Crippen molar-refractivity contribution in [1.29, 1.82) is 5.26 Å². The second-order valence-corrected chi connectivity index (χ2v) is 4.11. The lowest BCUT2D eigenvalue weighted by Gasteiger charge is -2.16. The van der Waals surface area contributed by atoms with Crippen molar-refractivity contribution in [3.63, 3.8) is 0 Å². The van der Waals surface area contributed by atoms with Crippen LogP contribution in [0.2, 0.25) is 0 Å². The minimum absolute atomic E-state index is 0.0190. The number of rotatable bonds is 2. The monoisotopic (exact) mass is 277 g/mol. The van der Waals surface area contributed by atoms with Gasteiger partial charge in [-0.15, -0.1) is 0 Å². The van der Waals surface area contributed by atoms with Gasteiger partial charge in [0.2, 0.25) is 0 Å². The van der Waals surface area contributed by atoms with Crippen LogP contribution in [0.25, 0.3) is 11.1 Å². The van der Waals surface area contributed by atoms with Gasteiger partial charge in [-0.05, 0) is 23.3 Å². The van der Waals surface area contributed by atoms with Crippen LogP contribution in [-0.4, -0.2) is 4.98 Å². The van der Waals surface area contributed by atoms with E-state index in [2.05, 4.69) is 4.98 Å². The molecule has 0 bridgehead atoms. The molecule has 0 spiro atoms. The first-order valence-corrected chi connectivity index (χ1v) is 5.72. The molecule has 1 aromatic carbocycles. The normalized spacial score (nSPS) is 11.1. The summed E-state index contributed by atoms with van der Waals surface area (Å²) >= 11 is 0. The number of halogens is 3. The predicted molar refractivity (Wildman–Crippen MR) is 68.4 cm³/mol. The second kappa shape index (κ2) is 5.21. The van der Waals surface area contributed by atoms with E-state index in [-0.39, 0.29) is 23.4 Å². The van der Waals surface area contributed by atoms with E-state index in [1.165, 1.54) is 30.5 Å². The van der Waals surface area contributed by atoms with Crippen molar-refractivity contribution in [3.8, 4) is 17.2 Å². The Bertz CT molecular complexity index is 672. The lowest BCUT2D eigenvalue weighted by atomic mass is 9.94. The maximum atomic E-state index is 13.1. The van der Waals surface area contributed by atoms with Gasteiger partial charge in [0.25, 0.3) is 0 Å². The molecule has 0 aliphatic heterocycles. The van der Waals surface area contributed by atoms with Crippen LogP contribution in [-0.2, 0) is 12.6 Å². The summed E-state index contributed by atoms with van der Waals surface area (Å²) in [7, 11) is 0. The molecule has 1 aromatic heterocycles. The Kier molecular flexibility index (Phi) is 3.61. The molecule has 102 valence electrons. The molecule has 0 saturated carbocycles. The number of aromatic nitrogens is 1. The zero-order chi connectivity index (χ0) is 14.8. The van der Waals surface area contributed by atoms with Crippen molar-refractivity contribution in [2.45, 2.75) is 12.6 Å². The molecule has 6 heteroatoms. The van der Waals surface area contributed by atoms with Crippen LogP contribution >= 0.6 is 0 Å². The SMILES string of the molecule is N#CCc1ccnc(N)c1-c1ccccc1C(F)(F)F. The molecule has 0 radical (unpaired) electrons. The number of nitrogens with zero attached hydrogens (tertiary/aromatic N) is 2. The molecule has 0 aliphatic rings. The van der Waals surface area contributed by atoms with Gasteiger partial charge in [0.15, 0.2) is 0 Å². The van der Waals surface area contributed by atoms with Gasteiger partial charge >= 0.3 is 6.18 Å². The van der Waals surface area contributed by atoms with Crippen LogP contribution in [0.15, 0.2) is 36.5 Å². The quantitative estimate of drug-likeness (QED) is 0.914. The first-order valence-electron chi connectivity index (χ1n) is 5.72. The van der Waals surface area contributed by atoms with Crippen LogP contribution in [0, 0.1) is 11.3 Å². The number of pyridine rings is 1. The second-order valence-electron chi connectivity index (χ2n) is 4.11. The molecular weight excluding hydrogens is 267 g/mol. The molecule has 1 heterocycles. The lowest BCUT2D eigenvalue weighted by Crippen LogP contribution is -2.09. The zero-order valence-electron chi connectivity index (χ0n) is 10.3. The Morgan fingerprint density at radius 3 is 2.55 bits per heavy atom. The van der Waals surface area contributed by atoms with E-state index < -0.39 is 11.7 Å². The standard InChI is InChI=1S/C14H10F3N3/c15-14(16,17)11-4-2-1-3-10(11)12-9(5-7-18)6-8-20-13(12)19/h1-4,6,8H,5H2,(H2,19,20). The number of hydrogen-bond acceptors (Lipinski definition) is 3. The third-order valence-electron chi connectivity index (χ3n) is 2.84. The molecule has 2 N–H and O–H groups in total. The van der Waals surface area contributed by atoms with Crippen molar-refractivity contribution >= 4 is 5.82 Å². The number of alkyl halides is 3. The molecule has 0 fully saturated rings. The molecule has 3 nitrogen and oxygen atoms in total. The molecule has 0 aliphatic carbocycles. The summed E-state index contributed by atoms with van der Waals surface area (Å²) in [4.78, 5) is 3.82. The van der Waals surface area contributed by atoms with E-state index in [9.17, 15) is 13.2 Å². The smallest absolute Gasteiger partial charge is 0.383 e. The van der Waals surface area contributed by atoms with E-state index >= 15 is 0 Å². The van der Waals surface area contributed by atoms with E-state index in [0.29, 0.717) is 5.56 Å². The van der Waals surface area contributed by atoms with Gasteiger partial charge in [0, 0.05) is 11.8 Å². The highest BCUT2D eigenvalue weighted by Gasteiger charge is 2.34. The summed E-state index contributed by atoms with van der Waals surface area (Å²) in [5, 5.41) is 8.78. The first kappa shape index (κ1) is 13.9. The fraction of sp³-hybridized carbons (Fsp3) is 0.143. The average molecular weight is 277 g/mol. The van der Waals surface area contributed by atoms with Crippen molar-refractivity contribution in [2.75, 3.05) is 5.73 Å². The summed E-state index contributed by atoms with van der Waals surface area (Å²) in [6, 6.07) is 8.53. The van der Waals surface area contributed by atoms with Gasteiger partial charge in [-0.2, -0.15) is 18.4 Å². The largest absolute Gasteiger partial charge is 0.417 e. The van der Waals surface area contributed by atoms with Gasteiger partial charge in [-0.1, -0.05) is 18.2 Å². The Morgan fingerprint density at radius 2 is 1.90 bits per heavy atom. The van der Waals surface area contributed by atoms with Crippen LogP contribution in [0.5, 0.6) is 0 Å². The minimum atomic E-state index is -4.50. The predicted octanol–water partition coefficient (Wildman–Crippen LogP) is 3.42. The summed E-state index contributed by atoms with van der Waals surface area (Å²) in [5.41, 5.74) is 5.45. The number of anilines is 1. The summed E-state index contributed by atoms with van der Waals surface area (Å²) in [6.07, 6.45) is -3.15. The number of nitrogen functional groups attached to an aromatic ring is 1. The Balaban J connectivity index is 2.73. The van der Waals surface area contributed by atoms with Gasteiger partial charge in [-0.3, -0.25) is 0 Å². The third-order valence-corrected chi connectivity index (χ3v) is 2.84. The van der Waals surface area contributed by atoms with E-state index in [0.717, 1.165) is 6.07 Å². The van der Waals surface area contributed by atoms with Crippen LogP contribution < -0.4 is 5.73 Å². The molecule has 0 saturated heterocycles. The first-order chi connectivity index (χ1) is 9.45. The van der Waals surface area contributed by atoms with Crippen LogP contribution in [0.1, 0.15) is 11.1 Å². The summed E-state index contributed by atoms with van der Waals surface area (Å²) < 4.78 is 39.2. The van der Waals surface area contributed by atoms with Crippen LogP contribution in [0.4, 0.5) is 19.0 Å². The fourth-order valence-corrected chi connectivity index (χ4v) is 2.01. The molecule has 20 heavy (non-hydrogen) atoms. The highest BCUT2D eigenvalue weighted by atomic mass is 19.4. The number of benzene rings is 1. The summed E-state index contributed by atoms with van der Waals surface area (Å²) in [6.45, 7) is 0. The van der Waals surface area contributed by atoms with Crippen molar-refractivity contribution in [3.05, 3.63) is 47.7 Å². The molecule has 2 rings (SSSR count). The number of nitriles is 1. The van der Waals surface area contributed by atoms with E-state index in [4.69, 9.17) is 11.0 Å². The average Bonchev–Trinajstić information content (AvgIpc) is 2.38. The van der Waals surface area contributed by atoms with Gasteiger partial charge in [-0.25, -0.2) is 4.98 Å². The zero-order valence-corrected chi connectivity index (χ0v) is 10.3. The lowest BCUT2D eigenvalue weighted by molar-refractivity contribution is -0.137. The fourth-order valence-electron chi connectivity index (χ4n) is 2.01. The maximum absolute atomic E-state index is 13.1. The van der Waals surface area contributed by atoms with Gasteiger partial charge in [0.05, 0.1) is 18.1 Å². The molecular formula is C14H10F3N3. The minimum Gasteiger partial charge on any atom is -0.383 e.